The maximum absolute atomic E-state index is 12.2. The highest BCUT2D eigenvalue weighted by Gasteiger charge is 2.30. The number of likely N-dealkylation sites (tertiary alicyclic amines) is 1. The minimum atomic E-state index is -0.651. The van der Waals surface area contributed by atoms with Gasteiger partial charge in [0.1, 0.15) is 6.04 Å². The second kappa shape index (κ2) is 9.33. The normalized spacial score (nSPS) is 16.8. The van der Waals surface area contributed by atoms with E-state index in [4.69, 9.17) is 22.1 Å². The first-order chi connectivity index (χ1) is 12.4. The predicted molar refractivity (Wildman–Crippen MR) is 94.5 cm³/mol. The van der Waals surface area contributed by atoms with Gasteiger partial charge in [-0.05, 0) is 43.5 Å². The lowest BCUT2D eigenvalue weighted by Gasteiger charge is -2.33. The van der Waals surface area contributed by atoms with E-state index in [1.807, 2.05) is 0 Å². The Hall–Kier alpha value is -2.41. The summed E-state index contributed by atoms with van der Waals surface area (Å²) in [5.41, 5.74) is 5.77. The Morgan fingerprint density at radius 1 is 1.12 bits per heavy atom. The Labute approximate surface area is 156 Å². The molecule has 0 bridgehead atoms. The molecule has 0 saturated carbocycles. The molecule has 0 unspecified atom stereocenters. The molecule has 1 heterocycles. The van der Waals surface area contributed by atoms with Crippen molar-refractivity contribution < 1.29 is 23.9 Å². The molecule has 1 atom stereocenters. The number of rotatable bonds is 7. The molecule has 1 aromatic carbocycles. The molecule has 0 radical (unpaired) electrons. The third-order valence-corrected chi connectivity index (χ3v) is 4.48. The van der Waals surface area contributed by atoms with Crippen molar-refractivity contribution in [1.29, 1.82) is 0 Å². The summed E-state index contributed by atoms with van der Waals surface area (Å²) in [6.07, 6.45) is 1.96. The number of halogens is 1. The van der Waals surface area contributed by atoms with Crippen LogP contribution in [0, 0.1) is 0 Å². The van der Waals surface area contributed by atoms with Gasteiger partial charge in [-0.15, -0.1) is 0 Å². The summed E-state index contributed by atoms with van der Waals surface area (Å²) in [5, 5.41) is 0.520. The van der Waals surface area contributed by atoms with Crippen LogP contribution in [0.5, 0.6) is 0 Å². The highest BCUT2D eigenvalue weighted by atomic mass is 35.5. The topological polar surface area (TPSA) is 107 Å². The van der Waals surface area contributed by atoms with E-state index in [9.17, 15) is 19.2 Å². The Morgan fingerprint density at radius 2 is 1.81 bits per heavy atom. The number of Topliss-reactive ketones (excluding diaryl/α,β-unsaturated/α-hetero) is 1. The Kier molecular flexibility index (Phi) is 7.15. The van der Waals surface area contributed by atoms with Crippen molar-refractivity contribution in [2.24, 2.45) is 5.73 Å². The molecule has 1 aliphatic rings. The number of nitrogens with zero attached hydrogens (tertiary/aromatic N) is 1. The molecule has 7 nitrogen and oxygen atoms in total. The number of nitrogens with two attached hydrogens (primary N) is 1. The molecular weight excluding hydrogens is 360 g/mol. The molecule has 0 aliphatic carbocycles. The molecule has 1 aromatic rings. The molecule has 140 valence electrons. The molecule has 26 heavy (non-hydrogen) atoms. The molecule has 2 N–H and O–H groups in total. The summed E-state index contributed by atoms with van der Waals surface area (Å²) < 4.78 is 4.93. The van der Waals surface area contributed by atoms with Gasteiger partial charge in [0.05, 0.1) is 6.42 Å². The average Bonchev–Trinajstić information content (AvgIpc) is 2.64. The number of piperidine rings is 1. The third kappa shape index (κ3) is 5.56. The minimum Gasteiger partial charge on any atom is -0.456 e. The van der Waals surface area contributed by atoms with E-state index in [-0.39, 0.29) is 18.6 Å². The number of carbonyl (C=O) groups is 4. The van der Waals surface area contributed by atoms with E-state index in [1.54, 1.807) is 24.3 Å². The summed E-state index contributed by atoms with van der Waals surface area (Å²) >= 11 is 5.76. The van der Waals surface area contributed by atoms with Gasteiger partial charge in [0.15, 0.2) is 12.4 Å². The van der Waals surface area contributed by atoms with Crippen LogP contribution in [0.1, 0.15) is 42.5 Å². The smallest absolute Gasteiger partial charge is 0.306 e. The molecule has 1 aliphatic heterocycles. The van der Waals surface area contributed by atoms with Crippen molar-refractivity contribution in [3.8, 4) is 0 Å². The first kappa shape index (κ1) is 19.9. The second-order valence-corrected chi connectivity index (χ2v) is 6.53. The Balaban J connectivity index is 1.77. The fraction of sp³-hybridized carbons (Fsp3) is 0.444. The monoisotopic (exact) mass is 380 g/mol. The highest BCUT2D eigenvalue weighted by molar-refractivity contribution is 6.30. The van der Waals surface area contributed by atoms with Gasteiger partial charge in [0.2, 0.25) is 5.91 Å². The number of hydrogen-bond acceptors (Lipinski definition) is 5. The van der Waals surface area contributed by atoms with Gasteiger partial charge >= 0.3 is 5.97 Å². The van der Waals surface area contributed by atoms with Crippen molar-refractivity contribution in [1.82, 2.24) is 4.90 Å². The van der Waals surface area contributed by atoms with Crippen LogP contribution in [0.4, 0.5) is 0 Å². The molecule has 2 amide bonds. The van der Waals surface area contributed by atoms with Crippen LogP contribution in [0.2, 0.25) is 5.02 Å². The number of esters is 1. The van der Waals surface area contributed by atoms with E-state index >= 15 is 0 Å². The van der Waals surface area contributed by atoms with Crippen molar-refractivity contribution >= 4 is 35.2 Å². The summed E-state index contributed by atoms with van der Waals surface area (Å²) in [6.45, 7) is -0.0448. The zero-order valence-electron chi connectivity index (χ0n) is 14.3. The standard InChI is InChI=1S/C18H21ClN2O5/c19-13-6-4-12(5-7-13)15(22)8-9-17(24)26-11-16(23)21-10-2-1-3-14(21)18(20)25/h4-7,14H,1-3,8-11H2,(H2,20,25)/t14-/m0/s1. The van der Waals surface area contributed by atoms with Gasteiger partial charge in [-0.25, -0.2) is 0 Å². The van der Waals surface area contributed by atoms with Crippen LogP contribution in [-0.4, -0.2) is 47.7 Å². The number of benzene rings is 1. The zero-order chi connectivity index (χ0) is 19.1. The van der Waals surface area contributed by atoms with Crippen LogP contribution in [-0.2, 0) is 19.1 Å². The largest absolute Gasteiger partial charge is 0.456 e. The summed E-state index contributed by atoms with van der Waals surface area (Å²) in [7, 11) is 0. The summed E-state index contributed by atoms with van der Waals surface area (Å²) in [4.78, 5) is 48.7. The fourth-order valence-corrected chi connectivity index (χ4v) is 2.94. The van der Waals surface area contributed by atoms with Crippen LogP contribution < -0.4 is 5.73 Å². The van der Waals surface area contributed by atoms with Crippen molar-refractivity contribution in [2.75, 3.05) is 13.2 Å². The number of amides is 2. The van der Waals surface area contributed by atoms with Crippen molar-refractivity contribution in [3.63, 3.8) is 0 Å². The number of ketones is 1. The van der Waals surface area contributed by atoms with Gasteiger partial charge in [-0.1, -0.05) is 11.6 Å². The predicted octanol–water partition coefficient (Wildman–Crippen LogP) is 1.71. The number of carbonyl (C=O) groups excluding carboxylic acids is 4. The van der Waals surface area contributed by atoms with Crippen molar-refractivity contribution in [2.45, 2.75) is 38.1 Å². The summed E-state index contributed by atoms with van der Waals surface area (Å²) in [6, 6.07) is 5.71. The maximum Gasteiger partial charge on any atom is 0.306 e. The highest BCUT2D eigenvalue weighted by Crippen LogP contribution is 2.17. The number of primary amides is 1. The quantitative estimate of drug-likeness (QED) is 0.572. The molecule has 0 spiro atoms. The minimum absolute atomic E-state index is 0.0255. The molecule has 1 fully saturated rings. The lowest BCUT2D eigenvalue weighted by Crippen LogP contribution is -2.51. The fourth-order valence-electron chi connectivity index (χ4n) is 2.82. The van der Waals surface area contributed by atoms with E-state index in [1.165, 1.54) is 4.90 Å². The molecule has 0 aromatic heterocycles. The SMILES string of the molecule is NC(=O)[C@@H]1CCCCN1C(=O)COC(=O)CCC(=O)c1ccc(Cl)cc1. The van der Waals surface area contributed by atoms with E-state index in [0.29, 0.717) is 23.6 Å². The van der Waals surface area contributed by atoms with E-state index < -0.39 is 30.4 Å². The second-order valence-electron chi connectivity index (χ2n) is 6.09. The maximum atomic E-state index is 12.2. The number of hydrogen-bond donors (Lipinski definition) is 1. The lowest BCUT2D eigenvalue weighted by atomic mass is 10.0. The average molecular weight is 381 g/mol. The summed E-state index contributed by atoms with van der Waals surface area (Å²) in [5.74, 6) is -1.87. The first-order valence-corrected chi connectivity index (χ1v) is 8.79. The van der Waals surface area contributed by atoms with Crippen molar-refractivity contribution in [3.05, 3.63) is 34.9 Å². The van der Waals surface area contributed by atoms with Gasteiger partial charge < -0.3 is 15.4 Å². The van der Waals surface area contributed by atoms with Gasteiger partial charge in [-0.3, -0.25) is 19.2 Å². The van der Waals surface area contributed by atoms with E-state index in [2.05, 4.69) is 0 Å². The zero-order valence-corrected chi connectivity index (χ0v) is 15.0. The van der Waals surface area contributed by atoms with Crippen LogP contribution in [0.15, 0.2) is 24.3 Å². The Bertz CT molecular complexity index is 689. The van der Waals surface area contributed by atoms with Crippen LogP contribution in [0.25, 0.3) is 0 Å². The molecular formula is C18H21ClN2O5. The Morgan fingerprint density at radius 3 is 2.46 bits per heavy atom. The van der Waals surface area contributed by atoms with Crippen LogP contribution >= 0.6 is 11.6 Å². The van der Waals surface area contributed by atoms with Gasteiger partial charge in [0.25, 0.3) is 5.91 Å². The van der Waals surface area contributed by atoms with E-state index in [0.717, 1.165) is 12.8 Å². The molecule has 2 rings (SSSR count). The number of ether oxygens (including phenoxy) is 1. The third-order valence-electron chi connectivity index (χ3n) is 4.23. The molecule has 1 saturated heterocycles. The lowest BCUT2D eigenvalue weighted by molar-refractivity contribution is -0.154. The molecule has 8 heteroatoms. The van der Waals surface area contributed by atoms with Gasteiger partial charge in [0, 0.05) is 23.6 Å². The van der Waals surface area contributed by atoms with Crippen LogP contribution in [0.3, 0.4) is 0 Å². The van der Waals surface area contributed by atoms with Gasteiger partial charge in [-0.2, -0.15) is 0 Å². The first-order valence-electron chi connectivity index (χ1n) is 8.41.